The second kappa shape index (κ2) is 9.40. The van der Waals surface area contributed by atoms with Gasteiger partial charge in [-0.25, -0.2) is 0 Å². The van der Waals surface area contributed by atoms with Crippen molar-refractivity contribution in [1.82, 2.24) is 6.15 Å². The lowest BCUT2D eigenvalue weighted by Crippen LogP contribution is -2.28. The third-order valence-corrected chi connectivity index (χ3v) is 4.03. The van der Waals surface area contributed by atoms with Crippen molar-refractivity contribution in [3.05, 3.63) is 84.4 Å². The molecule has 0 aliphatic carbocycles. The maximum Gasteiger partial charge on any atom is 0.224 e. The zero-order valence-corrected chi connectivity index (χ0v) is 15.6. The molecular formula is C22H24N2O3. The van der Waals surface area contributed by atoms with Gasteiger partial charge in [0.15, 0.2) is 5.75 Å². The van der Waals surface area contributed by atoms with Crippen LogP contribution in [0.2, 0.25) is 0 Å². The molecule has 27 heavy (non-hydrogen) atoms. The molecule has 0 saturated heterocycles. The van der Waals surface area contributed by atoms with Gasteiger partial charge >= 0.3 is 0 Å². The van der Waals surface area contributed by atoms with Gasteiger partial charge in [0.05, 0.1) is 19.3 Å². The Morgan fingerprint density at radius 3 is 2.11 bits per heavy atom. The Bertz CT molecular complexity index is 881. The molecule has 5 heteroatoms. The van der Waals surface area contributed by atoms with Gasteiger partial charge < -0.3 is 20.5 Å². The van der Waals surface area contributed by atoms with Gasteiger partial charge in [0, 0.05) is 12.5 Å². The number of hydrogen-bond acceptors (Lipinski definition) is 4. The van der Waals surface area contributed by atoms with Gasteiger partial charge in [-0.1, -0.05) is 48.5 Å². The maximum absolute atomic E-state index is 12.4. The molecule has 3 aromatic carbocycles. The summed E-state index contributed by atoms with van der Waals surface area (Å²) in [6.07, 6.45) is 0. The van der Waals surface area contributed by atoms with Crippen molar-refractivity contribution in [2.75, 3.05) is 12.0 Å². The Morgan fingerprint density at radius 1 is 0.852 bits per heavy atom. The molecule has 0 saturated carbocycles. The van der Waals surface area contributed by atoms with Crippen molar-refractivity contribution in [1.29, 1.82) is 0 Å². The summed E-state index contributed by atoms with van der Waals surface area (Å²) >= 11 is 0. The SMILES string of the molecule is COc1ccccc1CN(C(C)=O)c1ccccc1Oc1ccccc1.N. The number of benzene rings is 3. The van der Waals surface area contributed by atoms with Gasteiger partial charge in [0.1, 0.15) is 11.5 Å². The fourth-order valence-electron chi connectivity index (χ4n) is 2.75. The lowest BCUT2D eigenvalue weighted by Gasteiger charge is -2.24. The maximum atomic E-state index is 12.4. The van der Waals surface area contributed by atoms with Crippen LogP contribution >= 0.6 is 0 Å². The summed E-state index contributed by atoms with van der Waals surface area (Å²) in [7, 11) is 1.63. The van der Waals surface area contributed by atoms with E-state index in [0.717, 1.165) is 22.7 Å². The van der Waals surface area contributed by atoms with Crippen LogP contribution in [0.4, 0.5) is 5.69 Å². The molecule has 0 fully saturated rings. The molecule has 0 unspecified atom stereocenters. The average molecular weight is 364 g/mol. The van der Waals surface area contributed by atoms with Crippen molar-refractivity contribution >= 4 is 11.6 Å². The van der Waals surface area contributed by atoms with Crippen LogP contribution < -0.4 is 20.5 Å². The standard InChI is InChI=1S/C22H21NO3.H3N/c1-17(24)23(16-18-10-6-8-14-21(18)25-2)20-13-7-9-15-22(20)26-19-11-4-3-5-12-19;/h3-15H,16H2,1-2H3;1H3. The second-order valence-corrected chi connectivity index (χ2v) is 5.80. The smallest absolute Gasteiger partial charge is 0.224 e. The molecule has 0 bridgehead atoms. The highest BCUT2D eigenvalue weighted by Gasteiger charge is 2.18. The van der Waals surface area contributed by atoms with E-state index in [4.69, 9.17) is 9.47 Å². The van der Waals surface area contributed by atoms with E-state index < -0.39 is 0 Å². The van der Waals surface area contributed by atoms with Crippen LogP contribution in [-0.2, 0) is 11.3 Å². The van der Waals surface area contributed by atoms with Crippen LogP contribution in [0.5, 0.6) is 17.2 Å². The lowest BCUT2D eigenvalue weighted by atomic mass is 10.1. The first-order valence-corrected chi connectivity index (χ1v) is 8.41. The lowest BCUT2D eigenvalue weighted by molar-refractivity contribution is -0.116. The highest BCUT2D eigenvalue weighted by molar-refractivity contribution is 5.93. The minimum Gasteiger partial charge on any atom is -0.496 e. The summed E-state index contributed by atoms with van der Waals surface area (Å²) < 4.78 is 11.4. The van der Waals surface area contributed by atoms with E-state index in [1.54, 1.807) is 18.9 Å². The number of hydrogen-bond donors (Lipinski definition) is 1. The number of anilines is 1. The van der Waals surface area contributed by atoms with Gasteiger partial charge in [-0.3, -0.25) is 4.79 Å². The van der Waals surface area contributed by atoms with Gasteiger partial charge in [0.25, 0.3) is 0 Å². The molecular weight excluding hydrogens is 340 g/mol. The molecule has 0 aromatic heterocycles. The number of carbonyl (C=O) groups is 1. The first kappa shape index (κ1) is 20.0. The minimum absolute atomic E-state index is 0. The second-order valence-electron chi connectivity index (χ2n) is 5.80. The van der Waals surface area contributed by atoms with Crippen molar-refractivity contribution in [2.45, 2.75) is 13.5 Å². The highest BCUT2D eigenvalue weighted by atomic mass is 16.5. The Labute approximate surface area is 159 Å². The average Bonchev–Trinajstić information content (AvgIpc) is 2.67. The van der Waals surface area contributed by atoms with E-state index in [-0.39, 0.29) is 12.1 Å². The van der Waals surface area contributed by atoms with Crippen LogP contribution in [0, 0.1) is 0 Å². The molecule has 0 spiro atoms. The number of nitrogens with zero attached hydrogens (tertiary/aromatic N) is 1. The normalized spacial score (nSPS) is 9.85. The fourth-order valence-corrected chi connectivity index (χ4v) is 2.75. The van der Waals surface area contributed by atoms with Crippen molar-refractivity contribution in [3.8, 4) is 17.2 Å². The molecule has 5 nitrogen and oxygen atoms in total. The molecule has 1 amide bonds. The first-order chi connectivity index (χ1) is 12.7. The molecule has 140 valence electrons. The third-order valence-electron chi connectivity index (χ3n) is 4.03. The van der Waals surface area contributed by atoms with Crippen LogP contribution in [-0.4, -0.2) is 13.0 Å². The van der Waals surface area contributed by atoms with Crippen molar-refractivity contribution < 1.29 is 14.3 Å². The zero-order valence-electron chi connectivity index (χ0n) is 15.6. The molecule has 0 aliphatic rings. The van der Waals surface area contributed by atoms with Crippen LogP contribution in [0.3, 0.4) is 0 Å². The van der Waals surface area contributed by atoms with E-state index in [9.17, 15) is 4.79 Å². The number of rotatable bonds is 6. The number of methoxy groups -OCH3 is 1. The number of ether oxygens (including phenoxy) is 2. The molecule has 3 rings (SSSR count). The summed E-state index contributed by atoms with van der Waals surface area (Å²) in [6, 6.07) is 24.7. The van der Waals surface area contributed by atoms with Gasteiger partial charge in [-0.2, -0.15) is 0 Å². The molecule has 0 aliphatic heterocycles. The molecule has 3 aromatic rings. The predicted octanol–water partition coefficient (Wildman–Crippen LogP) is 5.20. The molecule has 0 atom stereocenters. The van der Waals surface area contributed by atoms with E-state index in [1.165, 1.54) is 0 Å². The molecule has 0 radical (unpaired) electrons. The van der Waals surface area contributed by atoms with Crippen molar-refractivity contribution in [3.63, 3.8) is 0 Å². The van der Waals surface area contributed by atoms with Crippen LogP contribution in [0.25, 0.3) is 0 Å². The van der Waals surface area contributed by atoms with Crippen molar-refractivity contribution in [2.24, 2.45) is 0 Å². The third kappa shape index (κ3) is 4.86. The number of para-hydroxylation sites is 4. The summed E-state index contributed by atoms with van der Waals surface area (Å²) in [6.45, 7) is 1.95. The first-order valence-electron chi connectivity index (χ1n) is 8.41. The summed E-state index contributed by atoms with van der Waals surface area (Å²) in [5.74, 6) is 2.03. The summed E-state index contributed by atoms with van der Waals surface area (Å²) in [5.41, 5.74) is 1.65. The Morgan fingerprint density at radius 2 is 1.44 bits per heavy atom. The summed E-state index contributed by atoms with van der Waals surface area (Å²) in [5, 5.41) is 0. The van der Waals surface area contributed by atoms with E-state index >= 15 is 0 Å². The van der Waals surface area contributed by atoms with E-state index in [2.05, 4.69) is 0 Å². The predicted molar refractivity (Wildman–Crippen MR) is 108 cm³/mol. The fraction of sp³-hybridized carbons (Fsp3) is 0.136. The molecule has 3 N–H and O–H groups in total. The van der Waals surface area contributed by atoms with E-state index in [1.807, 2.05) is 78.9 Å². The summed E-state index contributed by atoms with van der Waals surface area (Å²) in [4.78, 5) is 14.1. The van der Waals surface area contributed by atoms with E-state index in [0.29, 0.717) is 12.3 Å². The van der Waals surface area contributed by atoms with Gasteiger partial charge in [0.2, 0.25) is 5.91 Å². The Balaban J connectivity index is 0.00000261. The minimum atomic E-state index is -0.0694. The Hall–Kier alpha value is -3.31. The molecule has 0 heterocycles. The van der Waals surface area contributed by atoms with Crippen LogP contribution in [0.15, 0.2) is 78.9 Å². The zero-order chi connectivity index (χ0) is 18.4. The Kier molecular flexibility index (Phi) is 6.97. The monoisotopic (exact) mass is 364 g/mol. The topological polar surface area (TPSA) is 73.8 Å². The number of amides is 1. The van der Waals surface area contributed by atoms with Gasteiger partial charge in [-0.05, 0) is 30.3 Å². The largest absolute Gasteiger partial charge is 0.496 e. The van der Waals surface area contributed by atoms with Gasteiger partial charge in [-0.15, -0.1) is 0 Å². The quantitative estimate of drug-likeness (QED) is 0.652. The van der Waals surface area contributed by atoms with Crippen LogP contribution in [0.1, 0.15) is 12.5 Å². The number of carbonyl (C=O) groups excluding carboxylic acids is 1. The highest BCUT2D eigenvalue weighted by Crippen LogP contribution is 2.34.